The summed E-state index contributed by atoms with van der Waals surface area (Å²) in [6.07, 6.45) is 2.12. The highest BCUT2D eigenvalue weighted by Crippen LogP contribution is 2.12. The molecule has 3 nitrogen and oxygen atoms in total. The SMILES string of the molecule is CCN1CCC(NC(=O)c2ccccc2C)CC1. The number of hydrogen-bond acceptors (Lipinski definition) is 2. The van der Waals surface area contributed by atoms with Gasteiger partial charge in [0.2, 0.25) is 0 Å². The molecule has 0 unspecified atom stereocenters. The number of hydrogen-bond donors (Lipinski definition) is 1. The number of piperidine rings is 1. The first-order valence-electron chi connectivity index (χ1n) is 6.79. The van der Waals surface area contributed by atoms with Crippen molar-refractivity contribution in [2.24, 2.45) is 0 Å². The fraction of sp³-hybridized carbons (Fsp3) is 0.533. The Morgan fingerprint density at radius 3 is 2.61 bits per heavy atom. The van der Waals surface area contributed by atoms with Crippen LogP contribution < -0.4 is 5.32 Å². The fourth-order valence-electron chi connectivity index (χ4n) is 2.48. The van der Waals surface area contributed by atoms with Gasteiger partial charge in [-0.25, -0.2) is 0 Å². The molecule has 1 N–H and O–H groups in total. The zero-order valence-electron chi connectivity index (χ0n) is 11.3. The summed E-state index contributed by atoms with van der Waals surface area (Å²) in [6.45, 7) is 7.46. The van der Waals surface area contributed by atoms with E-state index in [0.717, 1.165) is 43.6 Å². The summed E-state index contributed by atoms with van der Waals surface area (Å²) in [5.41, 5.74) is 1.84. The third kappa shape index (κ3) is 3.10. The molecule has 3 heteroatoms. The Morgan fingerprint density at radius 1 is 1.33 bits per heavy atom. The Bertz CT molecular complexity index is 409. The molecule has 0 aliphatic carbocycles. The molecule has 2 rings (SSSR count). The number of carbonyl (C=O) groups is 1. The van der Waals surface area contributed by atoms with E-state index in [4.69, 9.17) is 0 Å². The summed E-state index contributed by atoms with van der Waals surface area (Å²) in [6, 6.07) is 8.09. The monoisotopic (exact) mass is 246 g/mol. The molecular weight excluding hydrogens is 224 g/mol. The predicted molar refractivity (Wildman–Crippen MR) is 73.8 cm³/mol. The zero-order chi connectivity index (χ0) is 13.0. The van der Waals surface area contributed by atoms with Gasteiger partial charge in [0, 0.05) is 24.7 Å². The van der Waals surface area contributed by atoms with E-state index in [-0.39, 0.29) is 5.91 Å². The maximum Gasteiger partial charge on any atom is 0.251 e. The maximum atomic E-state index is 12.2. The van der Waals surface area contributed by atoms with Gasteiger partial charge in [0.25, 0.3) is 5.91 Å². The van der Waals surface area contributed by atoms with Gasteiger partial charge in [0.15, 0.2) is 0 Å². The summed E-state index contributed by atoms with van der Waals surface area (Å²) in [7, 11) is 0. The first-order valence-corrected chi connectivity index (χ1v) is 6.79. The molecule has 1 fully saturated rings. The third-order valence-corrected chi connectivity index (χ3v) is 3.76. The van der Waals surface area contributed by atoms with Crippen LogP contribution in [0.5, 0.6) is 0 Å². The second-order valence-corrected chi connectivity index (χ2v) is 5.00. The average molecular weight is 246 g/mol. The van der Waals surface area contributed by atoms with Gasteiger partial charge in [-0.1, -0.05) is 25.1 Å². The lowest BCUT2D eigenvalue weighted by molar-refractivity contribution is 0.0912. The minimum Gasteiger partial charge on any atom is -0.349 e. The number of rotatable bonds is 3. The largest absolute Gasteiger partial charge is 0.349 e. The quantitative estimate of drug-likeness (QED) is 0.887. The van der Waals surface area contributed by atoms with Crippen molar-refractivity contribution >= 4 is 5.91 Å². The van der Waals surface area contributed by atoms with Gasteiger partial charge in [-0.05, 0) is 37.9 Å². The lowest BCUT2D eigenvalue weighted by atomic mass is 10.0. The second kappa shape index (κ2) is 6.01. The highest BCUT2D eigenvalue weighted by molar-refractivity contribution is 5.95. The van der Waals surface area contributed by atoms with Crippen LogP contribution in [-0.4, -0.2) is 36.5 Å². The van der Waals surface area contributed by atoms with Crippen LogP contribution in [0.4, 0.5) is 0 Å². The summed E-state index contributed by atoms with van der Waals surface area (Å²) in [5.74, 6) is 0.0723. The van der Waals surface area contributed by atoms with Gasteiger partial charge < -0.3 is 10.2 Å². The van der Waals surface area contributed by atoms with Gasteiger partial charge in [-0.3, -0.25) is 4.79 Å². The Labute approximate surface area is 109 Å². The van der Waals surface area contributed by atoms with Crippen molar-refractivity contribution in [2.75, 3.05) is 19.6 Å². The molecule has 0 bridgehead atoms. The molecule has 0 radical (unpaired) electrons. The molecule has 1 aliphatic heterocycles. The van der Waals surface area contributed by atoms with E-state index < -0.39 is 0 Å². The van der Waals surface area contributed by atoms with Crippen LogP contribution in [0.3, 0.4) is 0 Å². The first kappa shape index (κ1) is 13.1. The van der Waals surface area contributed by atoms with Crippen molar-refractivity contribution in [1.82, 2.24) is 10.2 Å². The topological polar surface area (TPSA) is 32.3 Å². The van der Waals surface area contributed by atoms with Crippen molar-refractivity contribution in [3.05, 3.63) is 35.4 Å². The van der Waals surface area contributed by atoms with E-state index in [1.165, 1.54) is 0 Å². The molecule has 1 amide bonds. The molecular formula is C15H22N2O. The fourth-order valence-corrected chi connectivity index (χ4v) is 2.48. The molecule has 1 aliphatic rings. The van der Waals surface area contributed by atoms with Crippen molar-refractivity contribution in [2.45, 2.75) is 32.7 Å². The first-order chi connectivity index (χ1) is 8.70. The molecule has 0 spiro atoms. The van der Waals surface area contributed by atoms with Gasteiger partial charge in [-0.15, -0.1) is 0 Å². The zero-order valence-corrected chi connectivity index (χ0v) is 11.3. The molecule has 1 heterocycles. The van der Waals surface area contributed by atoms with E-state index in [2.05, 4.69) is 17.1 Å². The van der Waals surface area contributed by atoms with Crippen LogP contribution in [0.15, 0.2) is 24.3 Å². The summed E-state index contributed by atoms with van der Waals surface area (Å²) >= 11 is 0. The van der Waals surface area contributed by atoms with Crippen molar-refractivity contribution in [3.63, 3.8) is 0 Å². The minimum absolute atomic E-state index is 0.0723. The average Bonchev–Trinajstić information content (AvgIpc) is 2.40. The van der Waals surface area contributed by atoms with Gasteiger partial charge in [0.05, 0.1) is 0 Å². The van der Waals surface area contributed by atoms with Crippen LogP contribution in [0.1, 0.15) is 35.7 Å². The lowest BCUT2D eigenvalue weighted by Crippen LogP contribution is -2.44. The van der Waals surface area contributed by atoms with E-state index in [1.54, 1.807) is 0 Å². The normalized spacial score (nSPS) is 17.7. The standard InChI is InChI=1S/C15H22N2O/c1-3-17-10-8-13(9-11-17)16-15(18)14-7-5-4-6-12(14)2/h4-7,13H,3,8-11H2,1-2H3,(H,16,18). The van der Waals surface area contributed by atoms with Crippen LogP contribution in [0, 0.1) is 6.92 Å². The molecule has 0 atom stereocenters. The van der Waals surface area contributed by atoms with Gasteiger partial charge >= 0.3 is 0 Å². The van der Waals surface area contributed by atoms with Crippen molar-refractivity contribution in [1.29, 1.82) is 0 Å². The van der Waals surface area contributed by atoms with E-state index in [0.29, 0.717) is 6.04 Å². The lowest BCUT2D eigenvalue weighted by Gasteiger charge is -2.31. The Morgan fingerprint density at radius 2 is 2.00 bits per heavy atom. The van der Waals surface area contributed by atoms with E-state index in [9.17, 15) is 4.79 Å². The number of aryl methyl sites for hydroxylation is 1. The highest BCUT2D eigenvalue weighted by atomic mass is 16.1. The third-order valence-electron chi connectivity index (χ3n) is 3.76. The van der Waals surface area contributed by atoms with Crippen LogP contribution in [0.2, 0.25) is 0 Å². The molecule has 1 saturated heterocycles. The molecule has 0 aromatic heterocycles. The van der Waals surface area contributed by atoms with Gasteiger partial charge in [-0.2, -0.15) is 0 Å². The van der Waals surface area contributed by atoms with Crippen molar-refractivity contribution < 1.29 is 4.79 Å². The Balaban J connectivity index is 1.91. The van der Waals surface area contributed by atoms with Crippen LogP contribution >= 0.6 is 0 Å². The summed E-state index contributed by atoms with van der Waals surface area (Å²) < 4.78 is 0. The molecule has 1 aromatic carbocycles. The maximum absolute atomic E-state index is 12.2. The Hall–Kier alpha value is -1.35. The Kier molecular flexibility index (Phi) is 4.37. The minimum atomic E-state index is 0.0723. The number of nitrogens with zero attached hydrogens (tertiary/aromatic N) is 1. The van der Waals surface area contributed by atoms with E-state index in [1.807, 2.05) is 31.2 Å². The molecule has 98 valence electrons. The number of nitrogens with one attached hydrogen (secondary N) is 1. The predicted octanol–water partition coefficient (Wildman–Crippen LogP) is 2.21. The number of carbonyl (C=O) groups excluding carboxylic acids is 1. The summed E-state index contributed by atoms with van der Waals surface area (Å²) in [5, 5.41) is 3.16. The molecule has 0 saturated carbocycles. The van der Waals surface area contributed by atoms with Crippen LogP contribution in [-0.2, 0) is 0 Å². The number of benzene rings is 1. The number of amides is 1. The molecule has 18 heavy (non-hydrogen) atoms. The van der Waals surface area contributed by atoms with Crippen LogP contribution in [0.25, 0.3) is 0 Å². The number of likely N-dealkylation sites (tertiary alicyclic amines) is 1. The highest BCUT2D eigenvalue weighted by Gasteiger charge is 2.20. The second-order valence-electron chi connectivity index (χ2n) is 5.00. The van der Waals surface area contributed by atoms with Crippen molar-refractivity contribution in [3.8, 4) is 0 Å². The van der Waals surface area contributed by atoms with E-state index >= 15 is 0 Å². The molecule has 1 aromatic rings. The summed E-state index contributed by atoms with van der Waals surface area (Å²) in [4.78, 5) is 14.6. The smallest absolute Gasteiger partial charge is 0.251 e. The van der Waals surface area contributed by atoms with Gasteiger partial charge in [0.1, 0.15) is 0 Å².